The predicted molar refractivity (Wildman–Crippen MR) is 79.5 cm³/mol. The maximum atomic E-state index is 12.4. The molecule has 0 aromatic carbocycles. The molecule has 2 fully saturated rings. The van der Waals surface area contributed by atoms with Crippen LogP contribution < -0.4 is 4.90 Å². The maximum absolute atomic E-state index is 12.4. The molecule has 0 bridgehead atoms. The summed E-state index contributed by atoms with van der Waals surface area (Å²) >= 11 is 1.60. The third-order valence-electron chi connectivity index (χ3n) is 4.25. The first-order valence-electron chi connectivity index (χ1n) is 7.53. The lowest BCUT2D eigenvalue weighted by molar-refractivity contribution is -0.906. The van der Waals surface area contributed by atoms with Gasteiger partial charge in [0, 0.05) is 11.5 Å². The second-order valence-electron chi connectivity index (χ2n) is 5.79. The summed E-state index contributed by atoms with van der Waals surface area (Å²) in [4.78, 5) is 18.0. The highest BCUT2D eigenvalue weighted by Crippen LogP contribution is 2.17. The Balaban J connectivity index is 1.49. The highest BCUT2D eigenvalue weighted by Gasteiger charge is 2.28. The van der Waals surface area contributed by atoms with Gasteiger partial charge in [-0.25, -0.2) is 0 Å². The molecule has 1 aromatic rings. The average molecular weight is 295 g/mol. The number of aryl methyl sites for hydroxylation is 1. The maximum Gasteiger partial charge on any atom is 0.264 e. The first-order chi connectivity index (χ1) is 9.72. The molecule has 1 N–H and O–H groups in total. The van der Waals surface area contributed by atoms with Crippen LogP contribution in [-0.4, -0.2) is 56.2 Å². The Labute approximate surface area is 124 Å². The number of carbonyl (C=O) groups excluding carboxylic acids is 1. The second kappa shape index (κ2) is 6.24. The third kappa shape index (κ3) is 3.22. The molecule has 20 heavy (non-hydrogen) atoms. The first kappa shape index (κ1) is 14.0. The van der Waals surface area contributed by atoms with E-state index in [4.69, 9.17) is 4.74 Å². The topological polar surface area (TPSA) is 34.0 Å². The smallest absolute Gasteiger partial charge is 0.264 e. The highest BCUT2D eigenvalue weighted by molar-refractivity contribution is 7.13. The lowest BCUT2D eigenvalue weighted by Crippen LogP contribution is -3.15. The van der Waals surface area contributed by atoms with E-state index >= 15 is 0 Å². The fraction of sp³-hybridized carbons (Fsp3) is 0.667. The van der Waals surface area contributed by atoms with Gasteiger partial charge in [0.05, 0.1) is 31.1 Å². The van der Waals surface area contributed by atoms with Gasteiger partial charge < -0.3 is 14.5 Å². The molecular weight excluding hydrogens is 272 g/mol. The molecule has 2 aliphatic heterocycles. The van der Waals surface area contributed by atoms with Crippen molar-refractivity contribution in [2.24, 2.45) is 0 Å². The molecule has 0 saturated carbocycles. The molecule has 4 nitrogen and oxygen atoms in total. The summed E-state index contributed by atoms with van der Waals surface area (Å²) in [7, 11) is 0. The van der Waals surface area contributed by atoms with E-state index in [0.717, 1.165) is 44.2 Å². The van der Waals surface area contributed by atoms with Gasteiger partial charge in [-0.1, -0.05) is 0 Å². The quantitative estimate of drug-likeness (QED) is 0.885. The van der Waals surface area contributed by atoms with Crippen LogP contribution in [-0.2, 0) is 4.74 Å². The molecule has 1 aromatic heterocycles. The molecule has 2 aliphatic rings. The largest absolute Gasteiger partial charge is 0.372 e. The van der Waals surface area contributed by atoms with Crippen LogP contribution in [0.2, 0.25) is 0 Å². The monoisotopic (exact) mass is 295 g/mol. The molecular formula is C15H23N2O2S+. The number of quaternary nitrogens is 1. The minimum absolute atomic E-state index is 0.208. The Morgan fingerprint density at radius 3 is 2.85 bits per heavy atom. The highest BCUT2D eigenvalue weighted by atomic mass is 32.1. The van der Waals surface area contributed by atoms with Gasteiger partial charge in [0.25, 0.3) is 5.91 Å². The Morgan fingerprint density at radius 1 is 1.45 bits per heavy atom. The van der Waals surface area contributed by atoms with Crippen molar-refractivity contribution in [1.82, 2.24) is 4.90 Å². The van der Waals surface area contributed by atoms with E-state index in [1.807, 2.05) is 24.0 Å². The van der Waals surface area contributed by atoms with E-state index in [2.05, 4.69) is 0 Å². The third-order valence-corrected chi connectivity index (χ3v) is 5.24. The second-order valence-corrected chi connectivity index (χ2v) is 7.08. The molecule has 2 saturated heterocycles. The van der Waals surface area contributed by atoms with Crippen LogP contribution in [0.4, 0.5) is 0 Å². The van der Waals surface area contributed by atoms with E-state index in [1.165, 1.54) is 17.7 Å². The van der Waals surface area contributed by atoms with Crippen LogP contribution in [0.15, 0.2) is 12.1 Å². The van der Waals surface area contributed by atoms with Crippen molar-refractivity contribution in [2.75, 3.05) is 39.3 Å². The van der Waals surface area contributed by atoms with Crippen LogP contribution in [0, 0.1) is 6.92 Å². The Morgan fingerprint density at radius 2 is 2.25 bits per heavy atom. The first-order valence-corrected chi connectivity index (χ1v) is 8.35. The Kier molecular flexibility index (Phi) is 4.38. The minimum atomic E-state index is 0.208. The molecule has 0 aliphatic carbocycles. The molecule has 1 amide bonds. The fourth-order valence-corrected chi connectivity index (χ4v) is 3.90. The van der Waals surface area contributed by atoms with Crippen molar-refractivity contribution in [2.45, 2.75) is 25.9 Å². The van der Waals surface area contributed by atoms with Crippen molar-refractivity contribution in [3.05, 3.63) is 21.9 Å². The number of ether oxygens (including phenoxy) is 1. The number of rotatable bonds is 3. The van der Waals surface area contributed by atoms with E-state index in [0.29, 0.717) is 6.10 Å². The fourth-order valence-electron chi connectivity index (χ4n) is 3.06. The van der Waals surface area contributed by atoms with E-state index in [1.54, 1.807) is 16.2 Å². The van der Waals surface area contributed by atoms with E-state index in [9.17, 15) is 4.79 Å². The van der Waals surface area contributed by atoms with Crippen LogP contribution >= 0.6 is 11.3 Å². The number of nitrogens with zero attached hydrogens (tertiary/aromatic N) is 1. The molecule has 3 rings (SSSR count). The lowest BCUT2D eigenvalue weighted by atomic mass is 10.2. The number of amides is 1. The summed E-state index contributed by atoms with van der Waals surface area (Å²) in [6.45, 7) is 7.94. The zero-order chi connectivity index (χ0) is 13.9. The van der Waals surface area contributed by atoms with E-state index < -0.39 is 0 Å². The summed E-state index contributed by atoms with van der Waals surface area (Å²) in [5, 5.41) is 0. The number of thiophene rings is 1. The van der Waals surface area contributed by atoms with Crippen LogP contribution in [0.3, 0.4) is 0 Å². The van der Waals surface area contributed by atoms with E-state index in [-0.39, 0.29) is 5.91 Å². The normalized spacial score (nSPS) is 24.2. The van der Waals surface area contributed by atoms with Gasteiger partial charge in [0.1, 0.15) is 12.6 Å². The molecule has 0 spiro atoms. The summed E-state index contributed by atoms with van der Waals surface area (Å²) in [6, 6.07) is 3.98. The number of hydrogen-bond donors (Lipinski definition) is 1. The summed E-state index contributed by atoms with van der Waals surface area (Å²) in [6.07, 6.45) is 2.87. The lowest BCUT2D eigenvalue weighted by Gasteiger charge is -2.33. The average Bonchev–Trinajstić information content (AvgIpc) is 3.10. The Hall–Kier alpha value is -0.910. The number of hydrogen-bond acceptors (Lipinski definition) is 3. The van der Waals surface area contributed by atoms with Crippen molar-refractivity contribution in [1.29, 1.82) is 0 Å². The molecule has 1 atom stereocenters. The van der Waals surface area contributed by atoms with Crippen LogP contribution in [0.1, 0.15) is 27.4 Å². The van der Waals surface area contributed by atoms with Crippen LogP contribution in [0.25, 0.3) is 0 Å². The zero-order valence-electron chi connectivity index (χ0n) is 12.1. The summed E-state index contributed by atoms with van der Waals surface area (Å²) < 4.78 is 5.70. The van der Waals surface area contributed by atoms with Crippen molar-refractivity contribution >= 4 is 17.2 Å². The van der Waals surface area contributed by atoms with Gasteiger partial charge in [0.15, 0.2) is 0 Å². The Bertz CT molecular complexity index is 460. The minimum Gasteiger partial charge on any atom is -0.372 e. The van der Waals surface area contributed by atoms with Gasteiger partial charge in [-0.2, -0.15) is 0 Å². The standard InChI is InChI=1S/C15H22N2O2S/c1-12-4-5-14(20-12)15(18)17-8-6-16(7-9-17)11-13-3-2-10-19-13/h4-5,13H,2-3,6-11H2,1H3/p+1/t13-/m0/s1. The molecule has 5 heteroatoms. The number of nitrogens with one attached hydrogen (secondary N) is 1. The number of piperazine rings is 1. The molecule has 0 unspecified atom stereocenters. The van der Waals surface area contributed by atoms with Crippen molar-refractivity contribution in [3.8, 4) is 0 Å². The van der Waals surface area contributed by atoms with Gasteiger partial charge in [-0.05, 0) is 31.9 Å². The summed E-state index contributed by atoms with van der Waals surface area (Å²) in [5.74, 6) is 0.208. The van der Waals surface area contributed by atoms with Crippen LogP contribution in [0.5, 0.6) is 0 Å². The number of carbonyl (C=O) groups is 1. The van der Waals surface area contributed by atoms with Crippen molar-refractivity contribution < 1.29 is 14.4 Å². The SMILES string of the molecule is Cc1ccc(C(=O)N2CC[NH+](C[C@@H]3CCCO3)CC2)s1. The summed E-state index contributed by atoms with van der Waals surface area (Å²) in [5.41, 5.74) is 0. The van der Waals surface area contributed by atoms with Crippen molar-refractivity contribution in [3.63, 3.8) is 0 Å². The molecule has 110 valence electrons. The van der Waals surface area contributed by atoms with Gasteiger partial charge >= 0.3 is 0 Å². The van der Waals surface area contributed by atoms with Gasteiger partial charge in [-0.15, -0.1) is 11.3 Å². The predicted octanol–water partition coefficient (Wildman–Crippen LogP) is 0.576. The molecule has 3 heterocycles. The molecule has 0 radical (unpaired) electrons. The van der Waals surface area contributed by atoms with Gasteiger partial charge in [0.2, 0.25) is 0 Å². The van der Waals surface area contributed by atoms with Gasteiger partial charge in [-0.3, -0.25) is 4.79 Å². The zero-order valence-corrected chi connectivity index (χ0v) is 12.9.